The molecule has 11 amide bonds. The van der Waals surface area contributed by atoms with Crippen molar-refractivity contribution in [3.05, 3.63) is 48.0 Å². The second-order valence-electron chi connectivity index (χ2n) is 10.0. The third-order valence-electron chi connectivity index (χ3n) is 6.33. The maximum atomic E-state index is 12.9. The molecule has 2 aromatic carbocycles. The van der Waals surface area contributed by atoms with Crippen molar-refractivity contribution >= 4 is 75.6 Å². The molecule has 0 saturated heterocycles. The third kappa shape index (κ3) is 13.6. The van der Waals surface area contributed by atoms with Crippen molar-refractivity contribution < 1.29 is 38.4 Å². The van der Waals surface area contributed by atoms with Crippen LogP contribution in [-0.4, -0.2) is 77.6 Å². The molecule has 2 rings (SSSR count). The van der Waals surface area contributed by atoms with Crippen LogP contribution in [0.25, 0.3) is 10.8 Å². The average molecular weight is 689 g/mol. The van der Waals surface area contributed by atoms with E-state index in [0.29, 0.717) is 17.5 Å². The maximum absolute atomic E-state index is 12.9. The highest BCUT2D eigenvalue weighted by atomic mass is 32.2. The molecule has 0 aliphatic carbocycles. The zero-order chi connectivity index (χ0) is 35.8. The molecule has 21 heteroatoms. The molecule has 20 nitrogen and oxygen atoms in total. The molecule has 0 bridgehead atoms. The monoisotopic (exact) mass is 688 g/mol. The summed E-state index contributed by atoms with van der Waals surface area (Å²) in [6.07, 6.45) is -0.652. The molecule has 2 aromatic rings. The number of nitrogens with two attached hydrogens (primary N) is 4. The smallest absolute Gasteiger partial charge is 0.330 e. The van der Waals surface area contributed by atoms with E-state index >= 15 is 0 Å². The number of rotatable bonds is 14. The van der Waals surface area contributed by atoms with Crippen LogP contribution in [-0.2, 0) is 25.6 Å². The highest BCUT2D eigenvalue weighted by Crippen LogP contribution is 2.17. The first-order valence-electron chi connectivity index (χ1n) is 14.0. The fraction of sp³-hybridized carbons (Fsp3) is 0.296. The van der Waals surface area contributed by atoms with Gasteiger partial charge in [0.1, 0.15) is 18.1 Å². The second-order valence-corrected chi connectivity index (χ2v) is 10.6. The average Bonchev–Trinajstić information content (AvgIpc) is 3.00. The first-order valence-corrected chi connectivity index (χ1v) is 14.9. The summed E-state index contributed by atoms with van der Waals surface area (Å²) in [7, 11) is 0. The van der Waals surface area contributed by atoms with Crippen molar-refractivity contribution in [2.45, 2.75) is 43.8 Å². The van der Waals surface area contributed by atoms with Crippen molar-refractivity contribution in [3.63, 3.8) is 0 Å². The summed E-state index contributed by atoms with van der Waals surface area (Å²) in [5.74, 6) is -4.36. The van der Waals surface area contributed by atoms with E-state index in [-0.39, 0.29) is 31.8 Å². The lowest BCUT2D eigenvalue weighted by molar-refractivity contribution is -0.130. The molecule has 0 aromatic heterocycles. The number of hydrogen-bond acceptors (Lipinski definition) is 11. The normalized spacial score (nSPS) is 12.3. The van der Waals surface area contributed by atoms with Crippen LogP contribution in [0.15, 0.2) is 42.5 Å². The van der Waals surface area contributed by atoms with Crippen LogP contribution >= 0.6 is 11.9 Å². The molecular formula is C27H36N12O8S. The van der Waals surface area contributed by atoms with Gasteiger partial charge in [-0.05, 0) is 29.2 Å². The summed E-state index contributed by atoms with van der Waals surface area (Å²) in [6.45, 7) is 0.101. The summed E-state index contributed by atoms with van der Waals surface area (Å²) < 4.78 is 0. The highest BCUT2D eigenvalue weighted by molar-refractivity contribution is 8.11. The van der Waals surface area contributed by atoms with Crippen molar-refractivity contribution in [3.8, 4) is 0 Å². The highest BCUT2D eigenvalue weighted by Gasteiger charge is 2.28. The molecule has 0 radical (unpaired) electrons. The Bertz CT molecular complexity index is 1570. The molecule has 0 unspecified atom stereocenters. The largest absolute Gasteiger partial charge is 0.370 e. The Labute approximate surface area is 277 Å². The fourth-order valence-electron chi connectivity index (χ4n) is 4.14. The van der Waals surface area contributed by atoms with Gasteiger partial charge in [0.2, 0.25) is 17.7 Å². The van der Waals surface area contributed by atoms with Crippen LogP contribution in [0.5, 0.6) is 0 Å². The molecule has 0 aliphatic rings. The molecule has 48 heavy (non-hydrogen) atoms. The van der Waals surface area contributed by atoms with Gasteiger partial charge in [-0.25, -0.2) is 14.4 Å². The van der Waals surface area contributed by atoms with Crippen LogP contribution in [0.4, 0.5) is 19.2 Å². The number of carbonyl (C=O) groups excluding carboxylic acids is 8. The first-order chi connectivity index (χ1) is 22.7. The van der Waals surface area contributed by atoms with E-state index in [2.05, 4.69) is 21.3 Å². The van der Waals surface area contributed by atoms with Gasteiger partial charge in [-0.15, -0.1) is 0 Å². The van der Waals surface area contributed by atoms with Gasteiger partial charge < -0.3 is 38.5 Å². The van der Waals surface area contributed by atoms with Crippen molar-refractivity contribution in [1.82, 2.24) is 37.2 Å². The molecule has 258 valence electrons. The molecule has 3 atom stereocenters. The maximum Gasteiger partial charge on any atom is 0.330 e. The predicted octanol–water partition coefficient (Wildman–Crippen LogP) is -2.21. The number of nitrogens with one attached hydrogen (secondary N) is 8. The van der Waals surface area contributed by atoms with Crippen LogP contribution < -0.4 is 59.6 Å². The van der Waals surface area contributed by atoms with E-state index in [4.69, 9.17) is 27.7 Å². The van der Waals surface area contributed by atoms with E-state index in [9.17, 15) is 38.4 Å². The zero-order valence-corrected chi connectivity index (χ0v) is 26.1. The Kier molecular flexibility index (Phi) is 15.0. The van der Waals surface area contributed by atoms with Crippen LogP contribution in [0.3, 0.4) is 0 Å². The third-order valence-corrected chi connectivity index (χ3v) is 6.66. The van der Waals surface area contributed by atoms with E-state index in [1.54, 1.807) is 22.8 Å². The number of urea groups is 3. The number of fused-ring (bicyclic) bond motifs is 1. The Hall–Kier alpha value is -5.96. The Morgan fingerprint density at radius 1 is 0.729 bits per heavy atom. The Morgan fingerprint density at radius 3 is 2.00 bits per heavy atom. The number of primary amides is 2. The van der Waals surface area contributed by atoms with E-state index in [0.717, 1.165) is 10.8 Å². The lowest BCUT2D eigenvalue weighted by Gasteiger charge is -2.21. The predicted molar refractivity (Wildman–Crippen MR) is 173 cm³/mol. The molecule has 0 fully saturated rings. The van der Waals surface area contributed by atoms with Crippen molar-refractivity contribution in [2.75, 3.05) is 6.54 Å². The topological polar surface area (TPSA) is 349 Å². The minimum absolute atomic E-state index is 0.0493. The van der Waals surface area contributed by atoms with E-state index < -0.39 is 71.5 Å². The standard InChI is InChI=1S/C27H36N12O8S/c28-19(40)12-17(20(29)41)34-21(42)16(6-3-9-33-23(30)31)35-24(44)38-26(46)39-25(45)37-22(43)18(36-27(47)48-32)11-13-7-8-14-4-1-2-5-15(14)10-13/h1-2,4-5,7-8,10,16-18H,3,6,9,11-12,32H2,(H2,28,40)(H2,29,41)(H,34,42)(H,36,47)(H4,30,31,33)(H4,35,37,38,39,43,44,45,46)/t16-,17-,18-/m0/s1. The zero-order valence-electron chi connectivity index (χ0n) is 25.3. The van der Waals surface area contributed by atoms with Gasteiger partial charge in [0.05, 0.1) is 6.42 Å². The molecule has 0 saturated carbocycles. The lowest BCUT2D eigenvalue weighted by Crippen LogP contribution is -2.57. The lowest BCUT2D eigenvalue weighted by atomic mass is 10.0. The van der Waals surface area contributed by atoms with Crippen molar-refractivity contribution in [1.29, 1.82) is 5.41 Å². The SMILES string of the molecule is N=C(N)NCCC[C@H](NC(=O)NC(=O)NC(=O)NC(=O)[C@H](Cc1ccc2ccccc2c1)NC(=O)SN)C(=O)N[C@@H](CC(N)=O)C(N)=O. The Morgan fingerprint density at radius 2 is 1.38 bits per heavy atom. The van der Waals surface area contributed by atoms with E-state index in [1.165, 1.54) is 0 Å². The van der Waals surface area contributed by atoms with Gasteiger partial charge >= 0.3 is 18.1 Å². The molecule has 16 N–H and O–H groups in total. The minimum Gasteiger partial charge on any atom is -0.370 e. The first kappa shape index (κ1) is 38.2. The number of guanidine groups is 1. The summed E-state index contributed by atoms with van der Waals surface area (Å²) >= 11 is 0.311. The molecule has 0 spiro atoms. The van der Waals surface area contributed by atoms with Gasteiger partial charge in [0.15, 0.2) is 5.96 Å². The minimum atomic E-state index is -1.50. The number of carbonyl (C=O) groups is 8. The van der Waals surface area contributed by atoms with Gasteiger partial charge in [0.25, 0.3) is 11.1 Å². The number of amides is 11. The Balaban J connectivity index is 2.02. The van der Waals surface area contributed by atoms with Gasteiger partial charge in [-0.2, -0.15) is 0 Å². The summed E-state index contributed by atoms with van der Waals surface area (Å²) in [4.78, 5) is 97.8. The van der Waals surface area contributed by atoms with Crippen LogP contribution in [0, 0.1) is 5.41 Å². The second kappa shape index (κ2) is 18.9. The molecular weight excluding hydrogens is 652 g/mol. The molecule has 0 aliphatic heterocycles. The summed E-state index contributed by atoms with van der Waals surface area (Å²) in [5.41, 5.74) is 16.1. The van der Waals surface area contributed by atoms with Gasteiger partial charge in [0, 0.05) is 24.9 Å². The fourth-order valence-corrected chi connectivity index (χ4v) is 4.35. The van der Waals surface area contributed by atoms with Crippen LogP contribution in [0.1, 0.15) is 24.8 Å². The summed E-state index contributed by atoms with van der Waals surface area (Å²) in [5, 5.41) is 28.0. The van der Waals surface area contributed by atoms with Crippen LogP contribution in [0.2, 0.25) is 0 Å². The van der Waals surface area contributed by atoms with Gasteiger partial charge in [-0.1, -0.05) is 42.5 Å². The number of hydrogen-bond donors (Lipinski definition) is 12. The summed E-state index contributed by atoms with van der Waals surface area (Å²) in [6, 6.07) is 4.51. The van der Waals surface area contributed by atoms with E-state index in [1.807, 2.05) is 35.6 Å². The van der Waals surface area contributed by atoms with Crippen molar-refractivity contribution in [2.24, 2.45) is 22.3 Å². The molecule has 0 heterocycles. The quantitative estimate of drug-likeness (QED) is 0.0435. The number of benzene rings is 2. The number of imide groups is 3. The van der Waals surface area contributed by atoms with Gasteiger partial charge in [-0.3, -0.25) is 50.5 Å².